The molecular weight excluding hydrogens is 515 g/mol. The minimum Gasteiger partial charge on any atom is -0.461 e. The quantitative estimate of drug-likeness (QED) is 0.308. The van der Waals surface area contributed by atoms with Crippen LogP contribution in [-0.4, -0.2) is 58.8 Å². The average molecular weight is 560 g/mol. The van der Waals surface area contributed by atoms with E-state index in [1.807, 2.05) is 6.92 Å². The van der Waals surface area contributed by atoms with Crippen molar-refractivity contribution >= 4 is 23.5 Å². The van der Waals surface area contributed by atoms with E-state index in [9.17, 15) is 27.9 Å². The van der Waals surface area contributed by atoms with E-state index in [0.717, 1.165) is 25.7 Å². The lowest BCUT2D eigenvalue weighted by Crippen LogP contribution is -2.63. The summed E-state index contributed by atoms with van der Waals surface area (Å²) in [5.41, 5.74) is -1.54. The zero-order valence-electron chi connectivity index (χ0n) is 23.1. The van der Waals surface area contributed by atoms with Crippen LogP contribution in [0, 0.1) is 34.0 Å². The summed E-state index contributed by atoms with van der Waals surface area (Å²) in [5.74, 6) is -0.207. The molecule has 4 rings (SSSR count). The normalized spacial score (nSPS) is 45.3. The van der Waals surface area contributed by atoms with Gasteiger partial charge in [0.05, 0.1) is 18.4 Å². The lowest BCUT2D eigenvalue weighted by molar-refractivity contribution is -0.205. The fourth-order valence-corrected chi connectivity index (χ4v) is 9.53. The molecule has 0 spiro atoms. The highest BCUT2D eigenvalue weighted by Gasteiger charge is 2.68. The van der Waals surface area contributed by atoms with Gasteiger partial charge in [-0.1, -0.05) is 33.8 Å². The number of aliphatic hydroxyl groups is 1. The van der Waals surface area contributed by atoms with Gasteiger partial charge in [-0.2, -0.15) is 13.2 Å². The van der Waals surface area contributed by atoms with Crippen molar-refractivity contribution in [3.63, 3.8) is 0 Å². The van der Waals surface area contributed by atoms with Gasteiger partial charge in [-0.15, -0.1) is 18.3 Å². The van der Waals surface area contributed by atoms with Crippen LogP contribution in [0.4, 0.5) is 13.2 Å². The molecule has 4 aliphatic rings. The Morgan fingerprint density at radius 2 is 1.95 bits per heavy atom. The molecule has 2 bridgehead atoms. The molecule has 0 radical (unpaired) electrons. The zero-order chi connectivity index (χ0) is 28.1. The molecule has 0 saturated heterocycles. The second-order valence-electron chi connectivity index (χ2n) is 13.0. The van der Waals surface area contributed by atoms with Gasteiger partial charge >= 0.3 is 12.1 Å². The Kier molecular flexibility index (Phi) is 8.45. The number of hydrogen-bond acceptors (Lipinski definition) is 6. The van der Waals surface area contributed by atoms with Crippen LogP contribution in [0.1, 0.15) is 79.1 Å². The second kappa shape index (κ2) is 10.7. The number of esters is 1. The number of thioether (sulfide) groups is 1. The molecule has 0 amide bonds. The Labute approximate surface area is 229 Å². The van der Waals surface area contributed by atoms with Crippen molar-refractivity contribution in [3.05, 3.63) is 12.7 Å². The molecule has 0 aromatic rings. The summed E-state index contributed by atoms with van der Waals surface area (Å²) >= 11 is 1.44. The van der Waals surface area contributed by atoms with E-state index in [1.54, 1.807) is 6.08 Å². The monoisotopic (exact) mass is 559 g/mol. The zero-order valence-corrected chi connectivity index (χ0v) is 23.9. The Morgan fingerprint density at radius 3 is 2.61 bits per heavy atom. The topological polar surface area (TPSA) is 75.6 Å². The summed E-state index contributed by atoms with van der Waals surface area (Å²) in [4.78, 5) is 26.7. The van der Waals surface area contributed by atoms with Crippen LogP contribution in [0.2, 0.25) is 0 Å². The first kappa shape index (κ1) is 29.9. The molecular formula is C29H44F3NO4S. The maximum Gasteiger partial charge on any atom is 0.401 e. The number of carbonyl (C=O) groups is 2. The smallest absolute Gasteiger partial charge is 0.401 e. The minimum absolute atomic E-state index is 0.0813. The van der Waals surface area contributed by atoms with E-state index in [4.69, 9.17) is 4.74 Å². The average Bonchev–Trinajstić information content (AvgIpc) is 3.46. The molecule has 5 nitrogen and oxygen atoms in total. The van der Waals surface area contributed by atoms with Crippen LogP contribution in [0.25, 0.3) is 0 Å². The van der Waals surface area contributed by atoms with Gasteiger partial charge in [0.25, 0.3) is 0 Å². The summed E-state index contributed by atoms with van der Waals surface area (Å²) in [6, 6.07) is -0.198. The lowest BCUT2D eigenvalue weighted by Gasteiger charge is -2.61. The number of rotatable bonds is 7. The van der Waals surface area contributed by atoms with Crippen LogP contribution in [0.5, 0.6) is 0 Å². The first-order valence-electron chi connectivity index (χ1n) is 14.1. The number of ketones is 1. The third kappa shape index (κ3) is 5.32. The number of aliphatic hydroxyl groups excluding tert-OH is 1. The van der Waals surface area contributed by atoms with Gasteiger partial charge in [-0.25, -0.2) is 0 Å². The van der Waals surface area contributed by atoms with E-state index in [0.29, 0.717) is 25.7 Å². The minimum atomic E-state index is -4.23. The summed E-state index contributed by atoms with van der Waals surface area (Å²) in [7, 11) is 0. The van der Waals surface area contributed by atoms with Crippen molar-refractivity contribution < 1.29 is 32.6 Å². The second-order valence-corrected chi connectivity index (χ2v) is 14.3. The van der Waals surface area contributed by atoms with Crippen molar-refractivity contribution in [1.82, 2.24) is 5.32 Å². The van der Waals surface area contributed by atoms with E-state index in [2.05, 4.69) is 32.7 Å². The third-order valence-corrected chi connectivity index (χ3v) is 12.3. The van der Waals surface area contributed by atoms with Crippen molar-refractivity contribution in [2.75, 3.05) is 12.3 Å². The number of nitrogens with one attached hydrogen (secondary N) is 1. The molecule has 10 atom stereocenters. The van der Waals surface area contributed by atoms with Gasteiger partial charge in [0, 0.05) is 34.5 Å². The number of Topliss-reactive ketones (excluding diaryl/α,β-unsaturated/α-hetero) is 1. The molecule has 0 aromatic heterocycles. The maximum absolute atomic E-state index is 13.5. The van der Waals surface area contributed by atoms with Gasteiger partial charge in [0.1, 0.15) is 11.9 Å². The van der Waals surface area contributed by atoms with Crippen LogP contribution < -0.4 is 5.32 Å². The molecule has 3 unspecified atom stereocenters. The fourth-order valence-electron chi connectivity index (χ4n) is 8.42. The van der Waals surface area contributed by atoms with Gasteiger partial charge < -0.3 is 15.2 Å². The molecule has 0 heterocycles. The third-order valence-electron chi connectivity index (χ3n) is 11.0. The van der Waals surface area contributed by atoms with Crippen molar-refractivity contribution in [3.8, 4) is 0 Å². The Bertz CT molecular complexity index is 930. The Balaban J connectivity index is 1.50. The number of alkyl halides is 3. The SMILES string of the molecule is C=C[C@]1(C)C[C@@H](OC(=O)CSC2CCC(NCC(F)(F)F)C2)[C@]2(C)[C@H](C)CCC3(CCC(=O)[C@H]32)[C@@H](C)[C@@H]1O. The highest BCUT2D eigenvalue weighted by atomic mass is 32.2. The Morgan fingerprint density at radius 1 is 1.24 bits per heavy atom. The number of hydrogen-bond donors (Lipinski definition) is 2. The molecule has 216 valence electrons. The summed E-state index contributed by atoms with van der Waals surface area (Å²) in [6.07, 6.45) is 1.74. The predicted octanol–water partition coefficient (Wildman–Crippen LogP) is 5.70. The summed E-state index contributed by atoms with van der Waals surface area (Å²) in [5, 5.41) is 14.3. The highest BCUT2D eigenvalue weighted by Crippen LogP contribution is 2.68. The molecule has 4 saturated carbocycles. The summed E-state index contributed by atoms with van der Waals surface area (Å²) < 4.78 is 43.9. The molecule has 4 aliphatic carbocycles. The summed E-state index contributed by atoms with van der Waals surface area (Å²) in [6.45, 7) is 11.4. The fraction of sp³-hybridized carbons (Fsp3) is 0.862. The molecule has 4 fully saturated rings. The number of carbonyl (C=O) groups excluding carboxylic acids is 2. The van der Waals surface area contributed by atoms with Crippen molar-refractivity contribution in [2.45, 2.75) is 109 Å². The van der Waals surface area contributed by atoms with Crippen LogP contribution in [-0.2, 0) is 14.3 Å². The molecule has 0 aromatic carbocycles. The molecule has 2 N–H and O–H groups in total. The highest BCUT2D eigenvalue weighted by molar-refractivity contribution is 8.00. The van der Waals surface area contributed by atoms with Gasteiger partial charge in [-0.05, 0) is 62.2 Å². The first-order chi connectivity index (χ1) is 17.7. The lowest BCUT2D eigenvalue weighted by atomic mass is 9.44. The number of halogens is 3. The molecule has 0 aliphatic heterocycles. The van der Waals surface area contributed by atoms with Crippen LogP contribution >= 0.6 is 11.8 Å². The maximum atomic E-state index is 13.5. The van der Waals surface area contributed by atoms with Crippen LogP contribution in [0.15, 0.2) is 12.7 Å². The van der Waals surface area contributed by atoms with E-state index in [-0.39, 0.29) is 52.0 Å². The molecule has 9 heteroatoms. The van der Waals surface area contributed by atoms with Crippen molar-refractivity contribution in [1.29, 1.82) is 0 Å². The largest absolute Gasteiger partial charge is 0.461 e. The van der Waals surface area contributed by atoms with Gasteiger partial charge in [-0.3, -0.25) is 9.59 Å². The standard InChI is InChI=1S/C29H44F3NO4S/c1-6-26(4)14-22(37-23(35)15-38-20-8-7-19(13-20)33-16-29(30,31)32)27(5)17(2)9-11-28(18(3)25(26)36)12-10-21(34)24(27)28/h6,17-20,22,24-25,33,36H,1,7-16H2,2-5H3/t17-,18+,19?,20?,22-,24+,25+,26-,27+,28?/m1/s1. The van der Waals surface area contributed by atoms with Gasteiger partial charge in [0.2, 0.25) is 0 Å². The first-order valence-corrected chi connectivity index (χ1v) is 15.2. The van der Waals surface area contributed by atoms with Crippen LogP contribution in [0.3, 0.4) is 0 Å². The predicted molar refractivity (Wildman–Crippen MR) is 143 cm³/mol. The van der Waals surface area contributed by atoms with Crippen molar-refractivity contribution in [2.24, 2.45) is 34.0 Å². The molecule has 38 heavy (non-hydrogen) atoms. The van der Waals surface area contributed by atoms with E-state index >= 15 is 0 Å². The van der Waals surface area contributed by atoms with Gasteiger partial charge in [0.15, 0.2) is 0 Å². The van der Waals surface area contributed by atoms with E-state index < -0.39 is 35.8 Å². The number of ether oxygens (including phenoxy) is 1. The van der Waals surface area contributed by atoms with E-state index in [1.165, 1.54) is 11.8 Å². The Hall–Kier alpha value is -1.06.